The van der Waals surface area contributed by atoms with Crippen molar-refractivity contribution in [2.75, 3.05) is 14.1 Å². The third-order valence-corrected chi connectivity index (χ3v) is 4.47. The van der Waals surface area contributed by atoms with Crippen LogP contribution in [0.2, 0.25) is 0 Å². The minimum absolute atomic E-state index is 0.0179. The van der Waals surface area contributed by atoms with Gasteiger partial charge in [0.15, 0.2) is 0 Å². The Morgan fingerprint density at radius 1 is 1.00 bits per heavy atom. The summed E-state index contributed by atoms with van der Waals surface area (Å²) in [6.45, 7) is 5.63. The van der Waals surface area contributed by atoms with Crippen LogP contribution in [0.4, 0.5) is 5.69 Å². The topological polar surface area (TPSA) is 58.5 Å². The van der Waals surface area contributed by atoms with E-state index in [1.165, 1.54) is 0 Å². The van der Waals surface area contributed by atoms with Crippen molar-refractivity contribution in [1.82, 2.24) is 14.9 Å². The molecule has 140 valence electrons. The molecule has 5 heteroatoms. The van der Waals surface area contributed by atoms with Crippen molar-refractivity contribution in [2.45, 2.75) is 6.92 Å². The standard InChI is InChI=1S/C23H22N4O/c1-5-20(21-15-25-11-10-22(21)24-2)19-12-18(13-26-14-19)16-6-8-17(9-7-16)23(28)27(3)4/h5-15H,2H2,1,3-4H3/b20-5-. The fourth-order valence-corrected chi connectivity index (χ4v) is 3.02. The number of carbonyl (C=O) groups excluding carboxylic acids is 1. The molecule has 0 unspecified atom stereocenters. The summed E-state index contributed by atoms with van der Waals surface area (Å²) in [5.41, 5.74) is 6.26. The molecule has 0 radical (unpaired) electrons. The Balaban J connectivity index is 1.98. The van der Waals surface area contributed by atoms with Crippen molar-refractivity contribution in [2.24, 2.45) is 4.99 Å². The second-order valence-corrected chi connectivity index (χ2v) is 6.49. The molecule has 2 heterocycles. The SMILES string of the molecule is C=Nc1ccncc1/C(=C\C)c1cncc(-c2ccc(C(=O)N(C)C)cc2)c1. The summed E-state index contributed by atoms with van der Waals surface area (Å²) in [4.78, 5) is 26.4. The molecule has 1 amide bonds. The zero-order chi connectivity index (χ0) is 20.1. The van der Waals surface area contributed by atoms with E-state index in [2.05, 4.69) is 27.7 Å². The molecule has 2 aromatic heterocycles. The summed E-state index contributed by atoms with van der Waals surface area (Å²) in [5, 5.41) is 0. The van der Waals surface area contributed by atoms with E-state index >= 15 is 0 Å². The summed E-state index contributed by atoms with van der Waals surface area (Å²) < 4.78 is 0. The molecule has 0 aliphatic carbocycles. The molecule has 3 aromatic rings. The predicted molar refractivity (Wildman–Crippen MR) is 114 cm³/mol. The van der Waals surface area contributed by atoms with E-state index in [1.54, 1.807) is 31.4 Å². The van der Waals surface area contributed by atoms with E-state index < -0.39 is 0 Å². The van der Waals surface area contributed by atoms with Gasteiger partial charge in [0.05, 0.1) is 5.69 Å². The van der Waals surface area contributed by atoms with Gasteiger partial charge in [-0.15, -0.1) is 0 Å². The fourth-order valence-electron chi connectivity index (χ4n) is 3.02. The van der Waals surface area contributed by atoms with Crippen molar-refractivity contribution in [3.8, 4) is 11.1 Å². The molecule has 0 saturated carbocycles. The smallest absolute Gasteiger partial charge is 0.253 e. The van der Waals surface area contributed by atoms with Gasteiger partial charge in [-0.3, -0.25) is 19.8 Å². The summed E-state index contributed by atoms with van der Waals surface area (Å²) >= 11 is 0. The van der Waals surface area contributed by atoms with Gasteiger partial charge in [0.25, 0.3) is 5.91 Å². The first-order valence-electron chi connectivity index (χ1n) is 8.90. The van der Waals surface area contributed by atoms with Crippen molar-refractivity contribution in [3.05, 3.63) is 84.0 Å². The quantitative estimate of drug-likeness (QED) is 0.615. The normalized spacial score (nSPS) is 11.2. The zero-order valence-corrected chi connectivity index (χ0v) is 16.3. The Morgan fingerprint density at radius 3 is 2.39 bits per heavy atom. The van der Waals surface area contributed by atoms with Gasteiger partial charge in [-0.25, -0.2) is 0 Å². The van der Waals surface area contributed by atoms with Crippen LogP contribution in [0.25, 0.3) is 16.7 Å². The molecule has 0 spiro atoms. The summed E-state index contributed by atoms with van der Waals surface area (Å²) in [6, 6.07) is 11.5. The number of allylic oxidation sites excluding steroid dienone is 1. The van der Waals surface area contributed by atoms with Crippen molar-refractivity contribution in [3.63, 3.8) is 0 Å². The van der Waals surface area contributed by atoms with Crippen molar-refractivity contribution < 1.29 is 4.79 Å². The van der Waals surface area contributed by atoms with Gasteiger partial charge in [-0.1, -0.05) is 18.2 Å². The third kappa shape index (κ3) is 3.88. The highest BCUT2D eigenvalue weighted by Gasteiger charge is 2.12. The van der Waals surface area contributed by atoms with E-state index in [9.17, 15) is 4.79 Å². The third-order valence-electron chi connectivity index (χ3n) is 4.47. The van der Waals surface area contributed by atoms with Crippen LogP contribution in [0, 0.1) is 0 Å². The van der Waals surface area contributed by atoms with Crippen molar-refractivity contribution >= 4 is 23.9 Å². The van der Waals surface area contributed by atoms with Crippen LogP contribution in [0.3, 0.4) is 0 Å². The van der Waals surface area contributed by atoms with Crippen LogP contribution in [0.1, 0.15) is 28.4 Å². The monoisotopic (exact) mass is 370 g/mol. The Bertz CT molecular complexity index is 1040. The summed E-state index contributed by atoms with van der Waals surface area (Å²) in [6.07, 6.45) is 9.14. The number of hydrogen-bond acceptors (Lipinski definition) is 4. The second kappa shape index (κ2) is 8.39. The lowest BCUT2D eigenvalue weighted by Crippen LogP contribution is -2.21. The second-order valence-electron chi connectivity index (χ2n) is 6.49. The number of pyridine rings is 2. The Labute approximate surface area is 165 Å². The molecule has 0 atom stereocenters. The minimum atomic E-state index is -0.0179. The molecule has 0 aliphatic heterocycles. The first kappa shape index (κ1) is 19.2. The maximum Gasteiger partial charge on any atom is 0.253 e. The lowest BCUT2D eigenvalue weighted by molar-refractivity contribution is 0.0827. The first-order valence-corrected chi connectivity index (χ1v) is 8.90. The maximum absolute atomic E-state index is 12.1. The molecule has 0 aliphatic rings. The van der Waals surface area contributed by atoms with Gasteiger partial charge >= 0.3 is 0 Å². The molecule has 0 N–H and O–H groups in total. The van der Waals surface area contributed by atoms with Crippen LogP contribution < -0.4 is 0 Å². The lowest BCUT2D eigenvalue weighted by Gasteiger charge is -2.12. The van der Waals surface area contributed by atoms with Gasteiger partial charge in [0.2, 0.25) is 0 Å². The highest BCUT2D eigenvalue weighted by atomic mass is 16.2. The van der Waals surface area contributed by atoms with Crippen LogP contribution in [0.15, 0.2) is 72.3 Å². The molecule has 3 rings (SSSR count). The molecular weight excluding hydrogens is 348 g/mol. The molecular formula is C23H22N4O. The average molecular weight is 370 g/mol. The van der Waals surface area contributed by atoms with Crippen LogP contribution in [-0.4, -0.2) is 41.6 Å². The van der Waals surface area contributed by atoms with E-state index in [1.807, 2.05) is 55.7 Å². The van der Waals surface area contributed by atoms with Gasteiger partial charge in [-0.05, 0) is 49.0 Å². The number of hydrogen-bond donors (Lipinski definition) is 0. The van der Waals surface area contributed by atoms with Gasteiger partial charge in [0, 0.05) is 61.1 Å². The number of rotatable bonds is 5. The fraction of sp³-hybridized carbons (Fsp3) is 0.130. The van der Waals surface area contributed by atoms with E-state index in [0.29, 0.717) is 5.56 Å². The molecule has 0 bridgehead atoms. The van der Waals surface area contributed by atoms with Crippen molar-refractivity contribution in [1.29, 1.82) is 0 Å². The largest absolute Gasteiger partial charge is 0.345 e. The van der Waals surface area contributed by atoms with Crippen LogP contribution in [-0.2, 0) is 0 Å². The molecule has 0 fully saturated rings. The van der Waals surface area contributed by atoms with Gasteiger partial charge in [0.1, 0.15) is 0 Å². The Kier molecular flexibility index (Phi) is 5.75. The van der Waals surface area contributed by atoms with E-state index in [0.717, 1.165) is 33.5 Å². The van der Waals surface area contributed by atoms with E-state index in [-0.39, 0.29) is 5.91 Å². The number of aromatic nitrogens is 2. The molecule has 5 nitrogen and oxygen atoms in total. The minimum Gasteiger partial charge on any atom is -0.345 e. The zero-order valence-electron chi connectivity index (χ0n) is 16.3. The molecule has 28 heavy (non-hydrogen) atoms. The maximum atomic E-state index is 12.1. The number of aliphatic imine (C=N–C) groups is 1. The molecule has 1 aromatic carbocycles. The van der Waals surface area contributed by atoms with Crippen LogP contribution in [0.5, 0.6) is 0 Å². The predicted octanol–water partition coefficient (Wildman–Crippen LogP) is 4.63. The number of carbonyl (C=O) groups is 1. The van der Waals surface area contributed by atoms with Gasteiger partial charge in [-0.2, -0.15) is 0 Å². The first-order chi connectivity index (χ1) is 13.5. The van der Waals surface area contributed by atoms with E-state index in [4.69, 9.17) is 0 Å². The Morgan fingerprint density at radius 2 is 1.75 bits per heavy atom. The lowest BCUT2D eigenvalue weighted by atomic mass is 9.96. The van der Waals surface area contributed by atoms with Gasteiger partial charge < -0.3 is 4.90 Å². The highest BCUT2D eigenvalue weighted by molar-refractivity contribution is 5.94. The Hall–Kier alpha value is -3.60. The summed E-state index contributed by atoms with van der Waals surface area (Å²) in [7, 11) is 3.49. The van der Waals surface area contributed by atoms with Crippen LogP contribution >= 0.6 is 0 Å². The summed E-state index contributed by atoms with van der Waals surface area (Å²) in [5.74, 6) is -0.0179. The number of benzene rings is 1. The highest BCUT2D eigenvalue weighted by Crippen LogP contribution is 2.32. The number of nitrogens with zero attached hydrogens (tertiary/aromatic N) is 4. The average Bonchev–Trinajstić information content (AvgIpc) is 2.74. The molecule has 0 saturated heterocycles. The number of amides is 1.